The molecule has 1 fully saturated rings. The minimum absolute atomic E-state index is 0.00998. The van der Waals surface area contributed by atoms with Gasteiger partial charge in [-0.25, -0.2) is 0 Å². The summed E-state index contributed by atoms with van der Waals surface area (Å²) in [6.45, 7) is 1.02. The fourth-order valence-electron chi connectivity index (χ4n) is 1.89. The molecular weight excluding hydrogens is 240 g/mol. The Kier molecular flexibility index (Phi) is 3.56. The van der Waals surface area contributed by atoms with Crippen molar-refractivity contribution in [3.05, 3.63) is 22.4 Å². The highest BCUT2D eigenvalue weighted by Crippen LogP contribution is 2.11. The van der Waals surface area contributed by atoms with Crippen LogP contribution in [-0.4, -0.2) is 49.8 Å². The van der Waals surface area contributed by atoms with Crippen LogP contribution in [-0.2, 0) is 11.3 Å². The van der Waals surface area contributed by atoms with E-state index in [1.54, 1.807) is 4.90 Å². The molecule has 1 saturated heterocycles. The third kappa shape index (κ3) is 2.83. The largest absolute Gasteiger partial charge is 0.393 e. The van der Waals surface area contributed by atoms with Gasteiger partial charge in [0.2, 0.25) is 5.91 Å². The number of aliphatic hydroxyl groups is 1. The SMILES string of the molecule is O=C(Cn1ccc([N+](=O)[O-])n1)N1CCC(O)CC1. The zero-order valence-electron chi connectivity index (χ0n) is 9.73. The minimum atomic E-state index is -0.599. The number of aromatic nitrogens is 2. The normalized spacial score (nSPS) is 16.8. The quantitative estimate of drug-likeness (QED) is 0.593. The van der Waals surface area contributed by atoms with E-state index in [2.05, 4.69) is 5.10 Å². The maximum Gasteiger partial charge on any atom is 0.389 e. The number of carbonyl (C=O) groups excluding carboxylic acids is 1. The van der Waals surface area contributed by atoms with E-state index in [0.717, 1.165) is 0 Å². The second-order valence-corrected chi connectivity index (χ2v) is 4.24. The van der Waals surface area contributed by atoms with Crippen LogP contribution in [0.1, 0.15) is 12.8 Å². The van der Waals surface area contributed by atoms with E-state index in [1.807, 2.05) is 0 Å². The number of rotatable bonds is 3. The number of carbonyl (C=O) groups is 1. The second kappa shape index (κ2) is 5.13. The fourth-order valence-corrected chi connectivity index (χ4v) is 1.89. The van der Waals surface area contributed by atoms with Crippen molar-refractivity contribution in [2.75, 3.05) is 13.1 Å². The third-order valence-corrected chi connectivity index (χ3v) is 2.93. The molecule has 1 aliphatic heterocycles. The third-order valence-electron chi connectivity index (χ3n) is 2.93. The molecule has 0 aromatic carbocycles. The Bertz CT molecular complexity index is 450. The summed E-state index contributed by atoms with van der Waals surface area (Å²) >= 11 is 0. The molecule has 1 aromatic rings. The van der Waals surface area contributed by atoms with E-state index in [-0.39, 0.29) is 24.4 Å². The minimum Gasteiger partial charge on any atom is -0.393 e. The standard InChI is InChI=1S/C10H14N4O4/c15-8-1-4-12(5-2-8)10(16)7-13-6-3-9(11-13)14(17)18/h3,6,8,15H,1-2,4-5,7H2. The average Bonchev–Trinajstić information content (AvgIpc) is 2.78. The van der Waals surface area contributed by atoms with Crippen molar-refractivity contribution in [3.8, 4) is 0 Å². The summed E-state index contributed by atoms with van der Waals surface area (Å²) in [6.07, 6.45) is 2.23. The van der Waals surface area contributed by atoms with Crippen LogP contribution in [0.3, 0.4) is 0 Å². The van der Waals surface area contributed by atoms with Crippen molar-refractivity contribution in [2.45, 2.75) is 25.5 Å². The van der Waals surface area contributed by atoms with Gasteiger partial charge in [-0.3, -0.25) is 4.79 Å². The molecule has 8 nitrogen and oxygen atoms in total. The molecule has 18 heavy (non-hydrogen) atoms. The number of hydrogen-bond donors (Lipinski definition) is 1. The first-order valence-corrected chi connectivity index (χ1v) is 5.70. The van der Waals surface area contributed by atoms with E-state index in [0.29, 0.717) is 25.9 Å². The smallest absolute Gasteiger partial charge is 0.389 e. The van der Waals surface area contributed by atoms with E-state index in [1.165, 1.54) is 16.9 Å². The number of likely N-dealkylation sites (tertiary alicyclic amines) is 1. The topological polar surface area (TPSA) is 102 Å². The van der Waals surface area contributed by atoms with Crippen LogP contribution in [0.25, 0.3) is 0 Å². The van der Waals surface area contributed by atoms with Crippen LogP contribution < -0.4 is 0 Å². The average molecular weight is 254 g/mol. The number of amides is 1. The molecule has 0 atom stereocenters. The van der Waals surface area contributed by atoms with Gasteiger partial charge in [-0.1, -0.05) is 0 Å². The fraction of sp³-hybridized carbons (Fsp3) is 0.600. The molecule has 1 aromatic heterocycles. The Labute approximate surface area is 103 Å². The summed E-state index contributed by atoms with van der Waals surface area (Å²) in [6, 6.07) is 1.26. The number of piperidine rings is 1. The van der Waals surface area contributed by atoms with Gasteiger partial charge >= 0.3 is 5.82 Å². The summed E-state index contributed by atoms with van der Waals surface area (Å²) in [5.74, 6) is -0.406. The summed E-state index contributed by atoms with van der Waals surface area (Å²) in [5.41, 5.74) is 0. The van der Waals surface area contributed by atoms with Crippen molar-refractivity contribution in [3.63, 3.8) is 0 Å². The van der Waals surface area contributed by atoms with Crippen LogP contribution >= 0.6 is 0 Å². The lowest BCUT2D eigenvalue weighted by Crippen LogP contribution is -2.41. The predicted molar refractivity (Wildman–Crippen MR) is 60.7 cm³/mol. The molecule has 0 unspecified atom stereocenters. The molecular formula is C10H14N4O4. The summed E-state index contributed by atoms with van der Waals surface area (Å²) in [4.78, 5) is 23.4. The van der Waals surface area contributed by atoms with Gasteiger partial charge in [-0.2, -0.15) is 4.68 Å². The molecule has 0 spiro atoms. The number of hydrogen-bond acceptors (Lipinski definition) is 5. The molecule has 2 rings (SSSR count). The molecule has 98 valence electrons. The molecule has 1 N–H and O–H groups in total. The predicted octanol–water partition coefficient (Wildman–Crippen LogP) is -0.225. The van der Waals surface area contributed by atoms with Crippen LogP contribution in [0.5, 0.6) is 0 Å². The van der Waals surface area contributed by atoms with Crippen molar-refractivity contribution in [1.82, 2.24) is 14.7 Å². The molecule has 0 radical (unpaired) electrons. The molecule has 0 saturated carbocycles. The Morgan fingerprint density at radius 1 is 1.56 bits per heavy atom. The highest BCUT2D eigenvalue weighted by Gasteiger charge is 2.22. The molecule has 8 heteroatoms. The van der Waals surface area contributed by atoms with Crippen LogP contribution in [0.15, 0.2) is 12.3 Å². The van der Waals surface area contributed by atoms with Gasteiger partial charge < -0.3 is 20.1 Å². The van der Waals surface area contributed by atoms with Crippen molar-refractivity contribution < 1.29 is 14.8 Å². The van der Waals surface area contributed by atoms with Gasteiger partial charge in [-0.05, 0) is 17.8 Å². The van der Waals surface area contributed by atoms with E-state index >= 15 is 0 Å². The van der Waals surface area contributed by atoms with Gasteiger partial charge in [0, 0.05) is 13.1 Å². The summed E-state index contributed by atoms with van der Waals surface area (Å²) in [7, 11) is 0. The van der Waals surface area contributed by atoms with Gasteiger partial charge in [0.25, 0.3) is 0 Å². The molecule has 1 aliphatic rings. The van der Waals surface area contributed by atoms with Crippen molar-refractivity contribution in [1.29, 1.82) is 0 Å². The lowest BCUT2D eigenvalue weighted by atomic mass is 10.1. The van der Waals surface area contributed by atoms with Crippen LogP contribution in [0.2, 0.25) is 0 Å². The first kappa shape index (κ1) is 12.5. The lowest BCUT2D eigenvalue weighted by Gasteiger charge is -2.29. The number of nitro groups is 1. The zero-order chi connectivity index (χ0) is 13.1. The molecule has 0 aliphatic carbocycles. The van der Waals surface area contributed by atoms with Gasteiger partial charge in [0.1, 0.15) is 6.54 Å². The summed E-state index contributed by atoms with van der Waals surface area (Å²) < 4.78 is 1.26. The highest BCUT2D eigenvalue weighted by molar-refractivity contribution is 5.76. The lowest BCUT2D eigenvalue weighted by molar-refractivity contribution is -0.389. The number of aliphatic hydroxyl groups excluding tert-OH is 1. The first-order chi connectivity index (χ1) is 8.56. The van der Waals surface area contributed by atoms with Gasteiger partial charge in [0.05, 0.1) is 23.5 Å². The van der Waals surface area contributed by atoms with Gasteiger partial charge in [-0.15, -0.1) is 0 Å². The summed E-state index contributed by atoms with van der Waals surface area (Å²) in [5, 5.41) is 23.5. The Hall–Kier alpha value is -1.96. The maximum atomic E-state index is 11.9. The van der Waals surface area contributed by atoms with Gasteiger partial charge in [0.15, 0.2) is 0 Å². The Morgan fingerprint density at radius 3 is 2.78 bits per heavy atom. The zero-order valence-corrected chi connectivity index (χ0v) is 9.73. The highest BCUT2D eigenvalue weighted by atomic mass is 16.6. The molecule has 0 bridgehead atoms. The number of nitrogens with zero attached hydrogens (tertiary/aromatic N) is 4. The van der Waals surface area contributed by atoms with Crippen molar-refractivity contribution >= 4 is 11.7 Å². The van der Waals surface area contributed by atoms with Crippen LogP contribution in [0.4, 0.5) is 5.82 Å². The van der Waals surface area contributed by atoms with Crippen LogP contribution in [0, 0.1) is 10.1 Å². The molecule has 2 heterocycles. The Morgan fingerprint density at radius 2 is 2.22 bits per heavy atom. The van der Waals surface area contributed by atoms with Crippen molar-refractivity contribution in [2.24, 2.45) is 0 Å². The molecule has 1 amide bonds. The van der Waals surface area contributed by atoms with E-state index < -0.39 is 4.92 Å². The second-order valence-electron chi connectivity index (χ2n) is 4.24. The Balaban J connectivity index is 1.92. The monoisotopic (exact) mass is 254 g/mol. The van der Waals surface area contributed by atoms with E-state index in [9.17, 15) is 20.0 Å². The van der Waals surface area contributed by atoms with E-state index in [4.69, 9.17) is 0 Å². The first-order valence-electron chi connectivity index (χ1n) is 5.70. The maximum absolute atomic E-state index is 11.9.